The molecule has 2 nitrogen and oxygen atoms in total. The van der Waals surface area contributed by atoms with Crippen LogP contribution in [-0.2, 0) is 0 Å². The smallest absolute Gasteiger partial charge is 0.143 e. The third-order valence-corrected chi connectivity index (χ3v) is 3.37. The second-order valence-electron chi connectivity index (χ2n) is 4.05. The van der Waals surface area contributed by atoms with E-state index in [-0.39, 0.29) is 5.56 Å². The Morgan fingerprint density at radius 1 is 1.26 bits per heavy atom. The van der Waals surface area contributed by atoms with Gasteiger partial charge in [-0.2, -0.15) is 0 Å². The zero-order valence-electron chi connectivity index (χ0n) is 10.4. The van der Waals surface area contributed by atoms with E-state index < -0.39 is 11.9 Å². The molecule has 0 aliphatic heterocycles. The van der Waals surface area contributed by atoms with Gasteiger partial charge in [0.25, 0.3) is 0 Å². The lowest BCUT2D eigenvalue weighted by Gasteiger charge is -2.14. The van der Waals surface area contributed by atoms with Gasteiger partial charge in [-0.1, -0.05) is 24.3 Å². The molecule has 0 fully saturated rings. The van der Waals surface area contributed by atoms with E-state index in [0.717, 1.165) is 0 Å². The van der Waals surface area contributed by atoms with E-state index >= 15 is 0 Å². The number of hydrogen-bond donors (Lipinski definition) is 1. The molecule has 0 amide bonds. The summed E-state index contributed by atoms with van der Waals surface area (Å²) in [7, 11) is 0. The Balaban J connectivity index is 2.35. The minimum atomic E-state index is -1.02. The fraction of sp³-hybridized carbons (Fsp3) is 0.200. The van der Waals surface area contributed by atoms with Crippen LogP contribution >= 0.6 is 15.9 Å². The molecule has 0 saturated carbocycles. The fourth-order valence-corrected chi connectivity index (χ4v) is 2.23. The van der Waals surface area contributed by atoms with Crippen LogP contribution in [0.3, 0.4) is 0 Å². The van der Waals surface area contributed by atoms with Gasteiger partial charge in [-0.05, 0) is 46.6 Å². The van der Waals surface area contributed by atoms with Crippen LogP contribution in [0.1, 0.15) is 24.2 Å². The molecule has 0 radical (unpaired) electrons. The van der Waals surface area contributed by atoms with Crippen LogP contribution in [-0.4, -0.2) is 11.7 Å². The van der Waals surface area contributed by atoms with Gasteiger partial charge in [0.1, 0.15) is 17.7 Å². The highest BCUT2D eigenvalue weighted by Gasteiger charge is 2.17. The molecule has 0 spiro atoms. The topological polar surface area (TPSA) is 29.5 Å². The molecule has 0 bridgehead atoms. The van der Waals surface area contributed by atoms with Crippen molar-refractivity contribution in [2.45, 2.75) is 13.0 Å². The first-order chi connectivity index (χ1) is 9.13. The maximum atomic E-state index is 13.9. The predicted octanol–water partition coefficient (Wildman–Crippen LogP) is 4.07. The summed E-state index contributed by atoms with van der Waals surface area (Å²) < 4.78 is 19.7. The van der Waals surface area contributed by atoms with Crippen molar-refractivity contribution in [2.75, 3.05) is 6.61 Å². The average Bonchev–Trinajstić information content (AvgIpc) is 2.42. The van der Waals surface area contributed by atoms with Crippen LogP contribution in [0.4, 0.5) is 4.39 Å². The molecule has 1 atom stereocenters. The molecule has 4 heteroatoms. The van der Waals surface area contributed by atoms with Gasteiger partial charge in [-0.15, -0.1) is 0 Å². The van der Waals surface area contributed by atoms with Gasteiger partial charge >= 0.3 is 0 Å². The van der Waals surface area contributed by atoms with E-state index in [2.05, 4.69) is 15.9 Å². The van der Waals surface area contributed by atoms with Gasteiger partial charge in [0.15, 0.2) is 0 Å². The second kappa shape index (κ2) is 6.17. The van der Waals surface area contributed by atoms with Gasteiger partial charge in [-0.25, -0.2) is 4.39 Å². The van der Waals surface area contributed by atoms with E-state index in [0.29, 0.717) is 22.4 Å². The van der Waals surface area contributed by atoms with Gasteiger partial charge in [-0.3, -0.25) is 0 Å². The predicted molar refractivity (Wildman–Crippen MR) is 75.8 cm³/mol. The second-order valence-corrected chi connectivity index (χ2v) is 4.91. The summed E-state index contributed by atoms with van der Waals surface area (Å²) >= 11 is 3.12. The van der Waals surface area contributed by atoms with Crippen molar-refractivity contribution in [2.24, 2.45) is 0 Å². The third kappa shape index (κ3) is 3.14. The van der Waals surface area contributed by atoms with E-state index in [1.165, 1.54) is 0 Å². The lowest BCUT2D eigenvalue weighted by Crippen LogP contribution is -2.03. The van der Waals surface area contributed by atoms with Crippen molar-refractivity contribution < 1.29 is 14.2 Å². The Labute approximate surface area is 120 Å². The largest absolute Gasteiger partial charge is 0.494 e. The summed E-state index contributed by atoms with van der Waals surface area (Å²) in [5, 5.41) is 10.3. The maximum Gasteiger partial charge on any atom is 0.143 e. The van der Waals surface area contributed by atoms with Crippen LogP contribution in [0.5, 0.6) is 5.75 Å². The molecular formula is C15H14BrFO2. The van der Waals surface area contributed by atoms with Crippen molar-refractivity contribution in [3.63, 3.8) is 0 Å². The minimum absolute atomic E-state index is 0.239. The summed E-state index contributed by atoms with van der Waals surface area (Å²) in [6, 6.07) is 11.9. The first-order valence-corrected chi connectivity index (χ1v) is 6.77. The number of halogens is 2. The molecule has 0 heterocycles. The SMILES string of the molecule is CCOc1cccc(C(O)c2cccc(Br)c2F)c1. The lowest BCUT2D eigenvalue weighted by molar-refractivity contribution is 0.214. The molecule has 1 unspecified atom stereocenters. The van der Waals surface area contributed by atoms with E-state index in [9.17, 15) is 9.50 Å². The molecule has 1 N–H and O–H groups in total. The molecule has 19 heavy (non-hydrogen) atoms. The number of hydrogen-bond acceptors (Lipinski definition) is 2. The number of ether oxygens (including phenoxy) is 1. The molecule has 0 aliphatic rings. The van der Waals surface area contributed by atoms with Crippen molar-refractivity contribution in [3.05, 3.63) is 63.9 Å². The summed E-state index contributed by atoms with van der Waals surface area (Å²) in [4.78, 5) is 0. The number of benzene rings is 2. The van der Waals surface area contributed by atoms with E-state index in [4.69, 9.17) is 4.74 Å². The highest BCUT2D eigenvalue weighted by atomic mass is 79.9. The Hall–Kier alpha value is -1.39. The van der Waals surface area contributed by atoms with Crippen molar-refractivity contribution >= 4 is 15.9 Å². The Morgan fingerprint density at radius 3 is 2.74 bits per heavy atom. The number of aliphatic hydroxyl groups is 1. The number of rotatable bonds is 4. The van der Waals surface area contributed by atoms with Gasteiger partial charge < -0.3 is 9.84 Å². The molecule has 0 saturated heterocycles. The normalized spacial score (nSPS) is 12.2. The average molecular weight is 325 g/mol. The van der Waals surface area contributed by atoms with Crippen LogP contribution < -0.4 is 4.74 Å². The van der Waals surface area contributed by atoms with Gasteiger partial charge in [0, 0.05) is 5.56 Å². The van der Waals surface area contributed by atoms with Crippen molar-refractivity contribution in [1.29, 1.82) is 0 Å². The molecule has 0 aromatic heterocycles. The summed E-state index contributed by atoms with van der Waals surface area (Å²) in [6.45, 7) is 2.43. The highest BCUT2D eigenvalue weighted by Crippen LogP contribution is 2.29. The van der Waals surface area contributed by atoms with Crippen LogP contribution in [0, 0.1) is 5.82 Å². The molecule has 2 aromatic carbocycles. The van der Waals surface area contributed by atoms with Crippen LogP contribution in [0.25, 0.3) is 0 Å². The monoisotopic (exact) mass is 324 g/mol. The molecule has 2 rings (SSSR count). The first kappa shape index (κ1) is 14.0. The Kier molecular flexibility index (Phi) is 4.56. The van der Waals surface area contributed by atoms with Crippen LogP contribution in [0.15, 0.2) is 46.9 Å². The highest BCUT2D eigenvalue weighted by molar-refractivity contribution is 9.10. The zero-order chi connectivity index (χ0) is 13.8. The quantitative estimate of drug-likeness (QED) is 0.918. The first-order valence-electron chi connectivity index (χ1n) is 5.98. The lowest BCUT2D eigenvalue weighted by atomic mass is 10.0. The standard InChI is InChI=1S/C15H14BrFO2/c1-2-19-11-6-3-5-10(9-11)15(18)12-7-4-8-13(16)14(12)17/h3-9,15,18H,2H2,1H3. The molecular weight excluding hydrogens is 311 g/mol. The summed E-state index contributed by atoms with van der Waals surface area (Å²) in [5.74, 6) is 0.214. The van der Waals surface area contributed by atoms with Gasteiger partial charge in [0.2, 0.25) is 0 Å². The molecule has 100 valence electrons. The molecule has 0 aliphatic carbocycles. The van der Waals surface area contributed by atoms with Crippen LogP contribution in [0.2, 0.25) is 0 Å². The third-order valence-electron chi connectivity index (χ3n) is 2.76. The Bertz CT molecular complexity index is 572. The molecule has 2 aromatic rings. The minimum Gasteiger partial charge on any atom is -0.494 e. The fourth-order valence-electron chi connectivity index (χ4n) is 1.85. The van der Waals surface area contributed by atoms with E-state index in [1.807, 2.05) is 6.92 Å². The van der Waals surface area contributed by atoms with Crippen molar-refractivity contribution in [3.8, 4) is 5.75 Å². The van der Waals surface area contributed by atoms with E-state index in [1.54, 1.807) is 42.5 Å². The summed E-state index contributed by atoms with van der Waals surface area (Å²) in [5.41, 5.74) is 0.839. The van der Waals surface area contributed by atoms with Gasteiger partial charge in [0.05, 0.1) is 11.1 Å². The zero-order valence-corrected chi connectivity index (χ0v) is 12.0. The summed E-state index contributed by atoms with van der Waals surface area (Å²) in [6.07, 6.45) is -1.02. The maximum absolute atomic E-state index is 13.9. The Morgan fingerprint density at radius 2 is 2.00 bits per heavy atom. The number of aliphatic hydroxyl groups excluding tert-OH is 1. The van der Waals surface area contributed by atoms with Crippen molar-refractivity contribution in [1.82, 2.24) is 0 Å².